The molecule has 5 nitrogen and oxygen atoms in total. The van der Waals surface area contributed by atoms with Crippen LogP contribution in [-0.2, 0) is 0 Å². The minimum atomic E-state index is -1.89. The van der Waals surface area contributed by atoms with E-state index in [0.29, 0.717) is 11.7 Å². The van der Waals surface area contributed by atoms with E-state index in [-0.39, 0.29) is 17.1 Å². The summed E-state index contributed by atoms with van der Waals surface area (Å²) in [6, 6.07) is 14.4. The van der Waals surface area contributed by atoms with E-state index in [1.807, 2.05) is 6.07 Å². The lowest BCUT2D eigenvalue weighted by Crippen LogP contribution is -2.43. The first-order valence-corrected chi connectivity index (χ1v) is 13.8. The van der Waals surface area contributed by atoms with E-state index in [2.05, 4.69) is 79.8 Å². The number of urea groups is 1. The van der Waals surface area contributed by atoms with E-state index < -0.39 is 8.32 Å². The molecule has 1 aliphatic rings. The van der Waals surface area contributed by atoms with Crippen molar-refractivity contribution < 1.29 is 9.22 Å². The van der Waals surface area contributed by atoms with Crippen LogP contribution < -0.4 is 15.1 Å². The molecule has 0 spiro atoms. The highest BCUT2D eigenvalue weighted by atomic mass is 28.4. The molecule has 0 bridgehead atoms. The Labute approximate surface area is 181 Å². The monoisotopic (exact) mass is 425 g/mol. The fourth-order valence-corrected chi connectivity index (χ4v) is 4.61. The second kappa shape index (κ2) is 9.21. The first-order valence-electron chi connectivity index (χ1n) is 10.9. The maximum Gasteiger partial charge on any atom is 0.320 e. The molecule has 0 aliphatic heterocycles. The van der Waals surface area contributed by atoms with Gasteiger partial charge < -0.3 is 9.74 Å². The van der Waals surface area contributed by atoms with Crippen LogP contribution >= 0.6 is 0 Å². The van der Waals surface area contributed by atoms with E-state index in [1.54, 1.807) is 12.3 Å². The van der Waals surface area contributed by atoms with Crippen LogP contribution in [0.4, 0.5) is 10.6 Å². The van der Waals surface area contributed by atoms with Gasteiger partial charge in [-0.05, 0) is 67.4 Å². The van der Waals surface area contributed by atoms with Gasteiger partial charge >= 0.3 is 6.03 Å². The number of carbonyl (C=O) groups excluding carboxylic acids is 1. The van der Waals surface area contributed by atoms with Crippen molar-refractivity contribution in [2.75, 3.05) is 5.32 Å². The molecular formula is C24H35N3O2Si. The van der Waals surface area contributed by atoms with Crippen LogP contribution in [0, 0.1) is 0 Å². The van der Waals surface area contributed by atoms with Crippen molar-refractivity contribution in [2.45, 2.75) is 76.5 Å². The molecule has 6 heteroatoms. The predicted molar refractivity (Wildman–Crippen MR) is 126 cm³/mol. The third-order valence-corrected chi connectivity index (χ3v) is 10.8. The molecule has 2 amide bonds. The Morgan fingerprint density at radius 2 is 1.70 bits per heavy atom. The quantitative estimate of drug-likeness (QED) is 0.551. The molecule has 0 unspecified atom stereocenters. The van der Waals surface area contributed by atoms with Gasteiger partial charge in [-0.2, -0.15) is 0 Å². The number of nitrogens with zero attached hydrogens (tertiary/aromatic N) is 1. The van der Waals surface area contributed by atoms with Crippen LogP contribution in [0.15, 0.2) is 48.7 Å². The number of aromatic nitrogens is 1. The summed E-state index contributed by atoms with van der Waals surface area (Å²) < 4.78 is 6.24. The third kappa shape index (κ3) is 5.85. The van der Waals surface area contributed by atoms with Gasteiger partial charge in [0.15, 0.2) is 0 Å². The highest BCUT2D eigenvalue weighted by Gasteiger charge is 2.39. The number of hydrogen-bond donors (Lipinski definition) is 2. The number of amides is 2. The normalized spacial score (nSPS) is 19.8. The van der Waals surface area contributed by atoms with E-state index in [4.69, 9.17) is 4.43 Å². The molecule has 3 rings (SSSR count). The first kappa shape index (κ1) is 22.3. The van der Waals surface area contributed by atoms with Gasteiger partial charge in [-0.15, -0.1) is 0 Å². The minimum absolute atomic E-state index is 0.128. The van der Waals surface area contributed by atoms with Gasteiger partial charge in [0.2, 0.25) is 0 Å². The van der Waals surface area contributed by atoms with E-state index in [1.165, 1.54) is 5.56 Å². The number of nitrogens with one attached hydrogen (secondary N) is 2. The predicted octanol–water partition coefficient (Wildman–Crippen LogP) is 6.31. The average molecular weight is 426 g/mol. The summed E-state index contributed by atoms with van der Waals surface area (Å²) in [5, 5.41) is 6.07. The molecule has 0 radical (unpaired) electrons. The van der Waals surface area contributed by atoms with Crippen molar-refractivity contribution in [3.05, 3.63) is 54.2 Å². The lowest BCUT2D eigenvalue weighted by Gasteiger charge is -2.36. The molecule has 1 heterocycles. The van der Waals surface area contributed by atoms with Crippen molar-refractivity contribution in [1.29, 1.82) is 0 Å². The molecule has 1 aromatic carbocycles. The third-order valence-electron chi connectivity index (χ3n) is 6.49. The van der Waals surface area contributed by atoms with Crippen molar-refractivity contribution >= 4 is 20.2 Å². The molecule has 2 aromatic rings. The zero-order chi connectivity index (χ0) is 21.8. The minimum Gasteiger partial charge on any atom is -0.542 e. The summed E-state index contributed by atoms with van der Waals surface area (Å²) in [7, 11) is -1.89. The summed E-state index contributed by atoms with van der Waals surface area (Å²) in [4.78, 5) is 16.7. The topological polar surface area (TPSA) is 63.2 Å². The zero-order valence-corrected chi connectivity index (χ0v) is 19.9. The fourth-order valence-electron chi connectivity index (χ4n) is 3.60. The number of pyridine rings is 1. The molecule has 0 atom stereocenters. The second-order valence-corrected chi connectivity index (χ2v) is 14.5. The van der Waals surface area contributed by atoms with Crippen molar-refractivity contribution in [3.8, 4) is 5.75 Å². The van der Waals surface area contributed by atoms with Gasteiger partial charge in [0.1, 0.15) is 11.6 Å². The van der Waals surface area contributed by atoms with Crippen molar-refractivity contribution in [3.63, 3.8) is 0 Å². The van der Waals surface area contributed by atoms with Gasteiger partial charge in [0.05, 0.1) is 6.20 Å². The van der Waals surface area contributed by atoms with Crippen LogP contribution in [0.5, 0.6) is 5.75 Å². The molecule has 162 valence electrons. The van der Waals surface area contributed by atoms with Gasteiger partial charge in [0.25, 0.3) is 8.32 Å². The molecule has 0 saturated heterocycles. The Hall–Kier alpha value is -2.34. The van der Waals surface area contributed by atoms with Crippen LogP contribution in [0.3, 0.4) is 0 Å². The number of anilines is 1. The summed E-state index contributed by atoms with van der Waals surface area (Å²) >= 11 is 0. The molecule has 2 N–H and O–H groups in total. The SMILES string of the molecule is CC(C)(C)[Si](C)(C)Oc1ccc(NC(=O)N[C@H]2CC[C@H](c3ccccc3)CC2)nc1. The average Bonchev–Trinajstić information content (AvgIpc) is 2.70. The highest BCUT2D eigenvalue weighted by molar-refractivity contribution is 6.74. The van der Waals surface area contributed by atoms with E-state index in [0.717, 1.165) is 31.4 Å². The van der Waals surface area contributed by atoms with Gasteiger partial charge in [0, 0.05) is 6.04 Å². The number of rotatable bonds is 5. The number of benzene rings is 1. The smallest absolute Gasteiger partial charge is 0.320 e. The van der Waals surface area contributed by atoms with E-state index in [9.17, 15) is 4.79 Å². The Bertz CT molecular complexity index is 824. The van der Waals surface area contributed by atoms with Crippen LogP contribution in [0.1, 0.15) is 57.9 Å². The fraction of sp³-hybridized carbons (Fsp3) is 0.500. The second-order valence-electron chi connectivity index (χ2n) is 9.80. The van der Waals surface area contributed by atoms with Crippen LogP contribution in [0.2, 0.25) is 18.1 Å². The largest absolute Gasteiger partial charge is 0.542 e. The first-order chi connectivity index (χ1) is 14.1. The number of hydrogen-bond acceptors (Lipinski definition) is 3. The molecule has 1 fully saturated rings. The van der Waals surface area contributed by atoms with Crippen molar-refractivity contribution in [2.24, 2.45) is 0 Å². The Morgan fingerprint density at radius 1 is 1.03 bits per heavy atom. The lowest BCUT2D eigenvalue weighted by atomic mass is 9.82. The van der Waals surface area contributed by atoms with Gasteiger partial charge in [-0.25, -0.2) is 9.78 Å². The Morgan fingerprint density at radius 3 is 2.27 bits per heavy atom. The van der Waals surface area contributed by atoms with Crippen LogP contribution in [-0.4, -0.2) is 25.4 Å². The Balaban J connectivity index is 1.46. The van der Waals surface area contributed by atoms with Gasteiger partial charge in [-0.3, -0.25) is 5.32 Å². The summed E-state index contributed by atoms with van der Waals surface area (Å²) in [6.07, 6.45) is 5.90. The van der Waals surface area contributed by atoms with Crippen LogP contribution in [0.25, 0.3) is 0 Å². The Kier molecular flexibility index (Phi) is 6.86. The zero-order valence-electron chi connectivity index (χ0n) is 18.9. The summed E-state index contributed by atoms with van der Waals surface area (Å²) in [6.45, 7) is 11.0. The molecular weight excluding hydrogens is 390 g/mol. The van der Waals surface area contributed by atoms with Gasteiger partial charge in [-0.1, -0.05) is 51.1 Å². The maximum absolute atomic E-state index is 12.4. The maximum atomic E-state index is 12.4. The molecule has 1 saturated carbocycles. The standard InChI is InChI=1S/C24H35N3O2Si/c1-24(2,3)30(4,5)29-21-15-16-22(25-17-21)27-23(28)26-20-13-11-19(12-14-20)18-9-7-6-8-10-18/h6-10,15-17,19-20H,11-14H2,1-5H3,(H2,25,26,27,28)/t19-,20-. The number of carbonyl (C=O) groups is 1. The van der Waals surface area contributed by atoms with Crippen molar-refractivity contribution in [1.82, 2.24) is 10.3 Å². The van der Waals surface area contributed by atoms with E-state index >= 15 is 0 Å². The summed E-state index contributed by atoms with van der Waals surface area (Å²) in [5.74, 6) is 1.89. The molecule has 1 aliphatic carbocycles. The summed E-state index contributed by atoms with van der Waals surface area (Å²) in [5.41, 5.74) is 1.41. The molecule has 30 heavy (non-hydrogen) atoms. The highest BCUT2D eigenvalue weighted by Crippen LogP contribution is 2.37. The molecule has 1 aromatic heterocycles. The lowest BCUT2D eigenvalue weighted by molar-refractivity contribution is 0.242.